The number of aromatic hydroxyl groups is 1. The van der Waals surface area contributed by atoms with Gasteiger partial charge in [0.05, 0.1) is 0 Å². The molecule has 0 unspecified atom stereocenters. The maximum absolute atomic E-state index is 9.36. The summed E-state index contributed by atoms with van der Waals surface area (Å²) in [6.07, 6.45) is 2.72. The van der Waals surface area contributed by atoms with Crippen LogP contribution in [0.2, 0.25) is 0 Å². The molecule has 2 heterocycles. The molecule has 0 radical (unpaired) electrons. The lowest BCUT2D eigenvalue weighted by Gasteiger charge is -2.11. The molecule has 1 aromatic rings. The van der Waals surface area contributed by atoms with Crippen LogP contribution in [-0.4, -0.2) is 29.3 Å². The summed E-state index contributed by atoms with van der Waals surface area (Å²) < 4.78 is 5.48. The van der Waals surface area contributed by atoms with Crippen LogP contribution >= 0.6 is 12.4 Å². The lowest BCUT2D eigenvalue weighted by Crippen LogP contribution is -2.20. The smallest absolute Gasteiger partial charge is 0.257 e. The van der Waals surface area contributed by atoms with Gasteiger partial charge in [0, 0.05) is 12.7 Å². The lowest BCUT2D eigenvalue weighted by atomic mass is 10.3. The van der Waals surface area contributed by atoms with E-state index in [1.807, 2.05) is 0 Å². The fourth-order valence-corrected chi connectivity index (χ4v) is 1.36. The van der Waals surface area contributed by atoms with E-state index >= 15 is 0 Å². The summed E-state index contributed by atoms with van der Waals surface area (Å²) in [5.41, 5.74) is 0. The standard InChI is InChI=1S/C9H12N2O2.ClH/c12-8-2-1-4-11-9(8)13-7-3-5-10-6-7;/h1-2,4,7,10,12H,3,5-6H2;1H/t7-;/m0./s1. The minimum atomic E-state index is 0. The molecule has 0 aromatic carbocycles. The van der Waals surface area contributed by atoms with Gasteiger partial charge in [-0.1, -0.05) is 0 Å². The first-order valence-electron chi connectivity index (χ1n) is 4.37. The Kier molecular flexibility index (Phi) is 3.98. The third-order valence-corrected chi connectivity index (χ3v) is 2.04. The van der Waals surface area contributed by atoms with Gasteiger partial charge in [-0.15, -0.1) is 12.4 Å². The first-order chi connectivity index (χ1) is 6.36. The molecule has 78 valence electrons. The Bertz CT molecular complexity index is 290. The molecular weight excluding hydrogens is 204 g/mol. The maximum Gasteiger partial charge on any atom is 0.257 e. The molecule has 2 rings (SSSR count). The highest BCUT2D eigenvalue weighted by atomic mass is 35.5. The molecule has 1 aromatic heterocycles. The van der Waals surface area contributed by atoms with E-state index in [4.69, 9.17) is 4.74 Å². The van der Waals surface area contributed by atoms with E-state index in [9.17, 15) is 5.11 Å². The maximum atomic E-state index is 9.36. The molecule has 1 aliphatic heterocycles. The van der Waals surface area contributed by atoms with Crippen molar-refractivity contribution in [1.82, 2.24) is 10.3 Å². The van der Waals surface area contributed by atoms with Gasteiger partial charge in [-0.3, -0.25) is 0 Å². The quantitative estimate of drug-likeness (QED) is 0.773. The first kappa shape index (κ1) is 11.1. The molecular formula is C9H13ClN2O2. The molecule has 1 saturated heterocycles. The molecule has 2 N–H and O–H groups in total. The van der Waals surface area contributed by atoms with Gasteiger partial charge >= 0.3 is 0 Å². The summed E-state index contributed by atoms with van der Waals surface area (Å²) in [4.78, 5) is 3.94. The van der Waals surface area contributed by atoms with Crippen molar-refractivity contribution in [3.8, 4) is 11.6 Å². The molecule has 0 bridgehead atoms. The van der Waals surface area contributed by atoms with Crippen molar-refractivity contribution in [3.63, 3.8) is 0 Å². The van der Waals surface area contributed by atoms with Crippen LogP contribution in [0, 0.1) is 0 Å². The number of hydrogen-bond donors (Lipinski definition) is 2. The molecule has 1 fully saturated rings. The molecule has 0 aliphatic carbocycles. The molecule has 1 aliphatic rings. The zero-order valence-corrected chi connectivity index (χ0v) is 8.46. The summed E-state index contributed by atoms with van der Waals surface area (Å²) in [6.45, 7) is 1.80. The van der Waals surface area contributed by atoms with E-state index in [2.05, 4.69) is 10.3 Å². The molecule has 0 spiro atoms. The van der Waals surface area contributed by atoms with Crippen molar-refractivity contribution >= 4 is 12.4 Å². The predicted octanol–water partition coefficient (Wildman–Crippen LogP) is 0.950. The zero-order valence-electron chi connectivity index (χ0n) is 7.64. The second kappa shape index (κ2) is 5.02. The van der Waals surface area contributed by atoms with Gasteiger partial charge in [0.25, 0.3) is 5.88 Å². The Balaban J connectivity index is 0.000000980. The average Bonchev–Trinajstić information content (AvgIpc) is 2.61. The Labute approximate surface area is 88.7 Å². The van der Waals surface area contributed by atoms with Crippen molar-refractivity contribution in [3.05, 3.63) is 18.3 Å². The normalized spacial score (nSPS) is 20.1. The first-order valence-corrected chi connectivity index (χ1v) is 4.37. The van der Waals surface area contributed by atoms with Gasteiger partial charge in [-0.2, -0.15) is 0 Å². The van der Waals surface area contributed by atoms with E-state index in [1.54, 1.807) is 18.3 Å². The highest BCUT2D eigenvalue weighted by Crippen LogP contribution is 2.23. The predicted molar refractivity (Wildman–Crippen MR) is 55.1 cm³/mol. The number of nitrogens with one attached hydrogen (secondary N) is 1. The van der Waals surface area contributed by atoms with Crippen LogP contribution in [0.25, 0.3) is 0 Å². The Hall–Kier alpha value is -1.00. The largest absolute Gasteiger partial charge is 0.503 e. The van der Waals surface area contributed by atoms with Crippen molar-refractivity contribution in [2.45, 2.75) is 12.5 Å². The summed E-state index contributed by atoms with van der Waals surface area (Å²) in [5, 5.41) is 12.5. The number of aromatic nitrogens is 1. The third kappa shape index (κ3) is 2.49. The van der Waals surface area contributed by atoms with Crippen LogP contribution in [-0.2, 0) is 0 Å². The van der Waals surface area contributed by atoms with E-state index < -0.39 is 0 Å². The van der Waals surface area contributed by atoms with Crippen molar-refractivity contribution in [2.24, 2.45) is 0 Å². The molecule has 0 amide bonds. The Morgan fingerprint density at radius 1 is 1.57 bits per heavy atom. The van der Waals surface area contributed by atoms with Crippen LogP contribution < -0.4 is 10.1 Å². The van der Waals surface area contributed by atoms with Gasteiger partial charge in [-0.25, -0.2) is 4.98 Å². The zero-order chi connectivity index (χ0) is 9.10. The minimum Gasteiger partial charge on any atom is -0.503 e. The van der Waals surface area contributed by atoms with Crippen LogP contribution in [0.1, 0.15) is 6.42 Å². The number of hydrogen-bond acceptors (Lipinski definition) is 4. The summed E-state index contributed by atoms with van der Waals surface area (Å²) in [5.74, 6) is 0.436. The Morgan fingerprint density at radius 2 is 2.43 bits per heavy atom. The fraction of sp³-hybridized carbons (Fsp3) is 0.444. The number of rotatable bonds is 2. The van der Waals surface area contributed by atoms with Gasteiger partial charge in [0.15, 0.2) is 5.75 Å². The van der Waals surface area contributed by atoms with Crippen molar-refractivity contribution in [1.29, 1.82) is 0 Å². The highest BCUT2D eigenvalue weighted by molar-refractivity contribution is 5.85. The van der Waals surface area contributed by atoms with E-state index in [-0.39, 0.29) is 24.3 Å². The van der Waals surface area contributed by atoms with Gasteiger partial charge in [0.1, 0.15) is 6.10 Å². The summed E-state index contributed by atoms with van der Waals surface area (Å²) in [7, 11) is 0. The van der Waals surface area contributed by atoms with Crippen LogP contribution in [0.15, 0.2) is 18.3 Å². The second-order valence-corrected chi connectivity index (χ2v) is 3.06. The number of ether oxygens (including phenoxy) is 1. The van der Waals surface area contributed by atoms with Crippen LogP contribution in [0.4, 0.5) is 0 Å². The third-order valence-electron chi connectivity index (χ3n) is 2.04. The number of halogens is 1. The van der Waals surface area contributed by atoms with Crippen molar-refractivity contribution < 1.29 is 9.84 Å². The van der Waals surface area contributed by atoms with Gasteiger partial charge < -0.3 is 15.2 Å². The lowest BCUT2D eigenvalue weighted by molar-refractivity contribution is 0.204. The van der Waals surface area contributed by atoms with Gasteiger partial charge in [-0.05, 0) is 25.1 Å². The summed E-state index contributed by atoms with van der Waals surface area (Å²) in [6, 6.07) is 3.25. The molecule has 4 nitrogen and oxygen atoms in total. The highest BCUT2D eigenvalue weighted by Gasteiger charge is 2.17. The minimum absolute atomic E-state index is 0. The number of nitrogens with zero attached hydrogens (tertiary/aromatic N) is 1. The molecule has 14 heavy (non-hydrogen) atoms. The molecule has 5 heteroatoms. The van der Waals surface area contributed by atoms with E-state index in [0.717, 1.165) is 19.5 Å². The molecule has 1 atom stereocenters. The molecule has 0 saturated carbocycles. The SMILES string of the molecule is Cl.Oc1cccnc1O[C@H]1CCNC1. The second-order valence-electron chi connectivity index (χ2n) is 3.06. The topological polar surface area (TPSA) is 54.4 Å². The van der Waals surface area contributed by atoms with Gasteiger partial charge in [0.2, 0.25) is 0 Å². The monoisotopic (exact) mass is 216 g/mol. The summed E-state index contributed by atoms with van der Waals surface area (Å²) >= 11 is 0. The van der Waals surface area contributed by atoms with E-state index in [1.165, 1.54) is 0 Å². The van der Waals surface area contributed by atoms with Crippen LogP contribution in [0.5, 0.6) is 11.6 Å². The Morgan fingerprint density at radius 3 is 3.07 bits per heavy atom. The fourth-order valence-electron chi connectivity index (χ4n) is 1.36. The van der Waals surface area contributed by atoms with Crippen LogP contribution in [0.3, 0.4) is 0 Å². The van der Waals surface area contributed by atoms with E-state index in [0.29, 0.717) is 5.88 Å². The van der Waals surface area contributed by atoms with Crippen molar-refractivity contribution in [2.75, 3.05) is 13.1 Å². The average molecular weight is 217 g/mol. The number of pyridine rings is 1.